The number of rotatable bonds is 4. The van der Waals surface area contributed by atoms with Gasteiger partial charge in [0.2, 0.25) is 0 Å². The molecule has 0 fully saturated rings. The molecule has 0 unspecified atom stereocenters. The molecule has 1 amide bonds. The van der Waals surface area contributed by atoms with Crippen molar-refractivity contribution in [1.29, 1.82) is 0 Å². The molecule has 1 aromatic rings. The van der Waals surface area contributed by atoms with Crippen LogP contribution in [0.4, 0.5) is 5.69 Å². The van der Waals surface area contributed by atoms with Crippen LogP contribution in [0.15, 0.2) is 34.6 Å². The average Bonchev–Trinajstić information content (AvgIpc) is 2.26. The molecule has 0 saturated heterocycles. The molecule has 0 aliphatic rings. The largest absolute Gasteiger partial charge is 0.366 e. The number of nitrogens with zero attached hydrogens (tertiary/aromatic N) is 3. The van der Waals surface area contributed by atoms with Crippen molar-refractivity contribution in [2.24, 2.45) is 16.1 Å². The number of amides is 1. The van der Waals surface area contributed by atoms with Crippen LogP contribution in [0.25, 0.3) is 0 Å². The quantitative estimate of drug-likeness (QED) is 0.602. The maximum Gasteiger partial charge on any atom is 0.250 e. The lowest BCUT2D eigenvalue weighted by Gasteiger charge is -2.06. The monoisotopic (exact) mass is 206 g/mol. The Labute approximate surface area is 88.6 Å². The first-order valence-electron chi connectivity index (χ1n) is 4.66. The molecule has 0 aromatic heterocycles. The number of hydrogen-bond donors (Lipinski definition) is 1. The van der Waals surface area contributed by atoms with Crippen molar-refractivity contribution in [3.05, 3.63) is 29.8 Å². The minimum Gasteiger partial charge on any atom is -0.366 e. The van der Waals surface area contributed by atoms with Gasteiger partial charge in [-0.25, -0.2) is 0 Å². The normalized spacial score (nSPS) is 10.5. The van der Waals surface area contributed by atoms with Crippen LogP contribution in [-0.4, -0.2) is 24.5 Å². The van der Waals surface area contributed by atoms with Crippen molar-refractivity contribution < 1.29 is 4.79 Å². The zero-order valence-corrected chi connectivity index (χ0v) is 8.84. The summed E-state index contributed by atoms with van der Waals surface area (Å²) in [5.41, 5.74) is 6.07. The van der Waals surface area contributed by atoms with E-state index in [4.69, 9.17) is 5.73 Å². The van der Waals surface area contributed by atoms with Gasteiger partial charge in [-0.3, -0.25) is 9.80 Å². The number of hydrogen-bond acceptors (Lipinski definition) is 3. The van der Waals surface area contributed by atoms with Crippen molar-refractivity contribution in [3.63, 3.8) is 0 Å². The van der Waals surface area contributed by atoms with E-state index in [0.717, 1.165) is 6.54 Å². The van der Waals surface area contributed by atoms with E-state index < -0.39 is 5.91 Å². The number of benzene rings is 1. The number of carbonyl (C=O) groups is 1. The van der Waals surface area contributed by atoms with Gasteiger partial charge in [0.25, 0.3) is 5.91 Å². The molecule has 0 radical (unpaired) electrons. The van der Waals surface area contributed by atoms with Crippen LogP contribution < -0.4 is 5.73 Å². The Bertz CT molecular complexity index is 375. The second-order valence-electron chi connectivity index (χ2n) is 3.04. The Morgan fingerprint density at radius 1 is 1.47 bits per heavy atom. The molecule has 0 atom stereocenters. The summed E-state index contributed by atoms with van der Waals surface area (Å²) in [6.45, 7) is 2.71. The molecule has 0 aliphatic carbocycles. The first-order chi connectivity index (χ1) is 7.15. The van der Waals surface area contributed by atoms with E-state index >= 15 is 0 Å². The Morgan fingerprint density at radius 3 is 2.73 bits per heavy atom. The highest BCUT2D eigenvalue weighted by Gasteiger charge is 2.05. The first kappa shape index (κ1) is 11.2. The summed E-state index contributed by atoms with van der Waals surface area (Å²) < 4.78 is 0. The first-order valence-corrected chi connectivity index (χ1v) is 4.66. The predicted molar refractivity (Wildman–Crippen MR) is 57.8 cm³/mol. The third-order valence-electron chi connectivity index (χ3n) is 1.93. The van der Waals surface area contributed by atoms with Crippen LogP contribution in [0.2, 0.25) is 0 Å². The summed E-state index contributed by atoms with van der Waals surface area (Å²) in [6.07, 6.45) is 0. The fraction of sp³-hybridized carbons (Fsp3) is 0.300. The fourth-order valence-corrected chi connectivity index (χ4v) is 0.957. The standard InChI is InChI=1S/C10H14N4O/c1-3-14(2)13-12-9-7-5-4-6-8(9)10(11)15/h4-7H,3H2,1-2H3,(H2,11,15)/b13-12+. The van der Waals surface area contributed by atoms with E-state index in [1.165, 1.54) is 0 Å². The van der Waals surface area contributed by atoms with E-state index in [-0.39, 0.29) is 0 Å². The molecule has 0 spiro atoms. The van der Waals surface area contributed by atoms with Gasteiger partial charge in [-0.2, -0.15) is 0 Å². The van der Waals surface area contributed by atoms with Crippen molar-refractivity contribution in [1.82, 2.24) is 5.01 Å². The second-order valence-corrected chi connectivity index (χ2v) is 3.04. The number of nitrogens with two attached hydrogens (primary N) is 1. The van der Waals surface area contributed by atoms with E-state index in [9.17, 15) is 4.79 Å². The topological polar surface area (TPSA) is 71.1 Å². The molecule has 5 heteroatoms. The molecule has 15 heavy (non-hydrogen) atoms. The smallest absolute Gasteiger partial charge is 0.250 e. The minimum absolute atomic E-state index is 0.380. The second kappa shape index (κ2) is 5.09. The van der Waals surface area contributed by atoms with Crippen molar-refractivity contribution in [3.8, 4) is 0 Å². The molecule has 5 nitrogen and oxygen atoms in total. The maximum absolute atomic E-state index is 11.0. The fourth-order valence-electron chi connectivity index (χ4n) is 0.957. The van der Waals surface area contributed by atoms with Crippen molar-refractivity contribution >= 4 is 11.6 Å². The molecule has 0 saturated carbocycles. The average molecular weight is 206 g/mol. The molecule has 1 rings (SSSR count). The summed E-state index contributed by atoms with van der Waals surface area (Å²) >= 11 is 0. The van der Waals surface area contributed by atoms with E-state index in [2.05, 4.69) is 10.3 Å². The van der Waals surface area contributed by atoms with Crippen molar-refractivity contribution in [2.45, 2.75) is 6.92 Å². The molecule has 0 bridgehead atoms. The van der Waals surface area contributed by atoms with Gasteiger partial charge in [-0.05, 0) is 19.1 Å². The summed E-state index contributed by atoms with van der Waals surface area (Å²) in [5, 5.41) is 9.52. The van der Waals surface area contributed by atoms with Crippen LogP contribution in [0.5, 0.6) is 0 Å². The third kappa shape index (κ3) is 3.05. The third-order valence-corrected chi connectivity index (χ3v) is 1.93. The molecular formula is C10H14N4O. The summed E-state index contributed by atoms with van der Waals surface area (Å²) in [6, 6.07) is 6.85. The van der Waals surface area contributed by atoms with Crippen LogP contribution in [-0.2, 0) is 0 Å². The summed E-state index contributed by atoms with van der Waals surface area (Å²) in [5.74, 6) is -0.497. The zero-order chi connectivity index (χ0) is 11.3. The summed E-state index contributed by atoms with van der Waals surface area (Å²) in [7, 11) is 1.80. The molecular weight excluding hydrogens is 192 g/mol. The maximum atomic E-state index is 11.0. The van der Waals surface area contributed by atoms with Gasteiger partial charge in [-0.15, -0.1) is 5.11 Å². The van der Waals surface area contributed by atoms with Gasteiger partial charge in [0.1, 0.15) is 5.69 Å². The van der Waals surface area contributed by atoms with Crippen LogP contribution in [0.1, 0.15) is 17.3 Å². The van der Waals surface area contributed by atoms with E-state index in [0.29, 0.717) is 11.3 Å². The van der Waals surface area contributed by atoms with Gasteiger partial charge in [0.05, 0.1) is 5.56 Å². The van der Waals surface area contributed by atoms with Crippen LogP contribution >= 0.6 is 0 Å². The highest BCUT2D eigenvalue weighted by Crippen LogP contribution is 2.18. The molecule has 0 heterocycles. The van der Waals surface area contributed by atoms with Gasteiger partial charge in [-0.1, -0.05) is 17.4 Å². The Kier molecular flexibility index (Phi) is 3.79. The Morgan fingerprint density at radius 2 is 2.13 bits per heavy atom. The molecule has 0 aliphatic heterocycles. The molecule has 1 aromatic carbocycles. The highest BCUT2D eigenvalue weighted by atomic mass is 16.1. The van der Waals surface area contributed by atoms with Crippen LogP contribution in [0, 0.1) is 0 Å². The van der Waals surface area contributed by atoms with Gasteiger partial charge in [0.15, 0.2) is 0 Å². The lowest BCUT2D eigenvalue weighted by atomic mass is 10.2. The molecule has 80 valence electrons. The van der Waals surface area contributed by atoms with Gasteiger partial charge >= 0.3 is 0 Å². The van der Waals surface area contributed by atoms with E-state index in [1.54, 1.807) is 36.3 Å². The molecule has 2 N–H and O–H groups in total. The SMILES string of the molecule is CCN(C)/N=N/c1ccccc1C(N)=O. The lowest BCUT2D eigenvalue weighted by molar-refractivity contribution is 0.100. The summed E-state index contributed by atoms with van der Waals surface area (Å²) in [4.78, 5) is 11.0. The van der Waals surface area contributed by atoms with E-state index in [1.807, 2.05) is 6.92 Å². The lowest BCUT2D eigenvalue weighted by Crippen LogP contribution is -2.11. The van der Waals surface area contributed by atoms with Crippen LogP contribution in [0.3, 0.4) is 0 Å². The Hall–Kier alpha value is -1.91. The zero-order valence-electron chi connectivity index (χ0n) is 8.84. The number of carbonyl (C=O) groups excluding carboxylic acids is 1. The Balaban J connectivity index is 2.94. The number of primary amides is 1. The minimum atomic E-state index is -0.497. The van der Waals surface area contributed by atoms with Crippen molar-refractivity contribution in [2.75, 3.05) is 13.6 Å². The van der Waals surface area contributed by atoms with Gasteiger partial charge < -0.3 is 5.73 Å². The predicted octanol–water partition coefficient (Wildman–Crippen LogP) is 1.74. The highest BCUT2D eigenvalue weighted by molar-refractivity contribution is 5.97. The van der Waals surface area contributed by atoms with Gasteiger partial charge in [0, 0.05) is 13.6 Å².